The Morgan fingerprint density at radius 1 is 1.36 bits per heavy atom. The lowest BCUT2D eigenvalue weighted by atomic mass is 10.2. The van der Waals surface area contributed by atoms with Gasteiger partial charge in [-0.15, -0.1) is 0 Å². The predicted molar refractivity (Wildman–Crippen MR) is 45.5 cm³/mol. The van der Waals surface area contributed by atoms with E-state index in [0.29, 0.717) is 0 Å². The number of H-pyrrole nitrogens is 2. The Labute approximate surface area is 75.5 Å². The van der Waals surface area contributed by atoms with Gasteiger partial charge < -0.3 is 0 Å². The second kappa shape index (κ2) is 2.66. The van der Waals surface area contributed by atoms with Gasteiger partial charge in [0.2, 0.25) is 5.82 Å². The van der Waals surface area contributed by atoms with E-state index in [9.17, 15) is 19.3 Å². The van der Waals surface area contributed by atoms with Crippen molar-refractivity contribution >= 4 is 16.6 Å². The zero-order chi connectivity index (χ0) is 10.3. The first-order valence-corrected chi connectivity index (χ1v) is 3.64. The summed E-state index contributed by atoms with van der Waals surface area (Å²) in [7, 11) is 0. The van der Waals surface area contributed by atoms with E-state index in [1.54, 1.807) is 0 Å². The average molecular weight is 197 g/mol. The van der Waals surface area contributed by atoms with Crippen LogP contribution in [0.5, 0.6) is 0 Å². The van der Waals surface area contributed by atoms with Crippen molar-refractivity contribution in [1.29, 1.82) is 0 Å². The molecule has 0 radical (unpaired) electrons. The molecule has 0 fully saturated rings. The van der Waals surface area contributed by atoms with Crippen LogP contribution in [-0.4, -0.2) is 15.1 Å². The minimum Gasteiger partial charge on any atom is -0.297 e. The second-order valence-corrected chi connectivity index (χ2v) is 2.69. The van der Waals surface area contributed by atoms with Crippen LogP contribution in [0.1, 0.15) is 0 Å². The summed E-state index contributed by atoms with van der Waals surface area (Å²) in [5.74, 6) is -0.974. The molecule has 2 aromatic rings. The molecule has 0 amide bonds. The molecule has 1 heterocycles. The van der Waals surface area contributed by atoms with E-state index in [1.165, 1.54) is 0 Å². The molecule has 1 aromatic carbocycles. The number of benzene rings is 1. The van der Waals surface area contributed by atoms with Gasteiger partial charge in [0.15, 0.2) is 0 Å². The van der Waals surface area contributed by atoms with Gasteiger partial charge in [-0.2, -0.15) is 4.39 Å². The van der Waals surface area contributed by atoms with Gasteiger partial charge in [0.05, 0.1) is 15.8 Å². The third kappa shape index (κ3) is 1.06. The monoisotopic (exact) mass is 197 g/mol. The third-order valence-corrected chi connectivity index (χ3v) is 1.84. The van der Waals surface area contributed by atoms with E-state index in [0.717, 1.165) is 12.1 Å². The minimum absolute atomic E-state index is 0.0677. The van der Waals surface area contributed by atoms with E-state index in [1.807, 2.05) is 0 Å². The zero-order valence-corrected chi connectivity index (χ0v) is 6.70. The lowest BCUT2D eigenvalue weighted by Gasteiger charge is -1.92. The van der Waals surface area contributed by atoms with Crippen LogP contribution in [0.15, 0.2) is 16.9 Å². The van der Waals surface area contributed by atoms with Crippen molar-refractivity contribution in [2.45, 2.75) is 0 Å². The minimum atomic E-state index is -0.974. The topological polar surface area (TPSA) is 91.8 Å². The summed E-state index contributed by atoms with van der Waals surface area (Å²) >= 11 is 0. The Balaban J connectivity index is 2.87. The summed E-state index contributed by atoms with van der Waals surface area (Å²) < 4.78 is 13.0. The van der Waals surface area contributed by atoms with Crippen LogP contribution in [0.4, 0.5) is 10.1 Å². The highest BCUT2D eigenvalue weighted by Crippen LogP contribution is 2.20. The Morgan fingerprint density at radius 2 is 2.07 bits per heavy atom. The molecule has 0 spiro atoms. The quantitative estimate of drug-likeness (QED) is 0.525. The number of halogens is 1. The highest BCUT2D eigenvalue weighted by Gasteiger charge is 2.16. The molecule has 0 atom stereocenters. The Morgan fingerprint density at radius 3 is 2.71 bits per heavy atom. The molecule has 0 unspecified atom stereocenters. The molecular weight excluding hydrogens is 193 g/mol. The number of fused-ring (bicyclic) bond motifs is 1. The molecule has 7 heteroatoms. The maximum absolute atomic E-state index is 13.0. The van der Waals surface area contributed by atoms with Crippen molar-refractivity contribution in [1.82, 2.24) is 10.2 Å². The van der Waals surface area contributed by atoms with Crippen LogP contribution in [0.3, 0.4) is 0 Å². The SMILES string of the molecule is O=c1[nH][nH]c2cc(F)c([N+](=O)[O-])cc12. The maximum atomic E-state index is 13.0. The average Bonchev–Trinajstić information content (AvgIpc) is 2.46. The number of nitrogens with zero attached hydrogens (tertiary/aromatic N) is 1. The first-order valence-electron chi connectivity index (χ1n) is 3.64. The second-order valence-electron chi connectivity index (χ2n) is 2.69. The van der Waals surface area contributed by atoms with Crippen LogP contribution >= 0.6 is 0 Å². The third-order valence-electron chi connectivity index (χ3n) is 1.84. The Bertz CT molecular complexity index is 571. The fourth-order valence-corrected chi connectivity index (χ4v) is 1.18. The van der Waals surface area contributed by atoms with Crippen molar-refractivity contribution in [3.05, 3.63) is 38.4 Å². The number of aromatic nitrogens is 2. The normalized spacial score (nSPS) is 10.6. The molecule has 14 heavy (non-hydrogen) atoms. The summed E-state index contributed by atoms with van der Waals surface area (Å²) in [6.45, 7) is 0. The van der Waals surface area contributed by atoms with Gasteiger partial charge in [0.1, 0.15) is 0 Å². The van der Waals surface area contributed by atoms with Crippen LogP contribution in [0.2, 0.25) is 0 Å². The molecular formula is C7H4FN3O3. The molecule has 0 bridgehead atoms. The number of nitro benzene ring substituents is 1. The van der Waals surface area contributed by atoms with E-state index in [2.05, 4.69) is 10.2 Å². The summed E-state index contributed by atoms with van der Waals surface area (Å²) in [4.78, 5) is 20.5. The molecule has 2 rings (SSSR count). The lowest BCUT2D eigenvalue weighted by molar-refractivity contribution is -0.387. The fraction of sp³-hybridized carbons (Fsp3) is 0. The van der Waals surface area contributed by atoms with Crippen molar-refractivity contribution in [3.63, 3.8) is 0 Å². The lowest BCUT2D eigenvalue weighted by Crippen LogP contribution is -1.99. The van der Waals surface area contributed by atoms with E-state index in [-0.39, 0.29) is 10.9 Å². The Hall–Kier alpha value is -2.18. The number of nitrogens with one attached hydrogen (secondary N) is 2. The number of aromatic amines is 2. The molecule has 0 aliphatic carbocycles. The van der Waals surface area contributed by atoms with Crippen LogP contribution in [-0.2, 0) is 0 Å². The van der Waals surface area contributed by atoms with Gasteiger partial charge >= 0.3 is 5.69 Å². The van der Waals surface area contributed by atoms with E-state index < -0.39 is 22.0 Å². The van der Waals surface area contributed by atoms with Gasteiger partial charge in [-0.25, -0.2) is 0 Å². The number of rotatable bonds is 1. The summed E-state index contributed by atoms with van der Waals surface area (Å²) in [5, 5.41) is 15.0. The molecule has 0 saturated heterocycles. The highest BCUT2D eigenvalue weighted by atomic mass is 19.1. The number of hydrogen-bond donors (Lipinski definition) is 2. The summed E-state index contributed by atoms with van der Waals surface area (Å²) in [5.41, 5.74) is -1.01. The standard InChI is InChI=1S/C7H4FN3O3/c8-4-2-5-3(7(12)10-9-5)1-6(4)11(13)14/h1-2H,(H2,9,10,12). The van der Waals surface area contributed by atoms with Crippen molar-refractivity contribution in [2.24, 2.45) is 0 Å². The van der Waals surface area contributed by atoms with Crippen LogP contribution in [0.25, 0.3) is 10.9 Å². The Kier molecular flexibility index (Phi) is 1.60. The molecule has 2 N–H and O–H groups in total. The predicted octanol–water partition coefficient (Wildman–Crippen LogP) is 0.903. The van der Waals surface area contributed by atoms with Crippen molar-refractivity contribution < 1.29 is 9.31 Å². The van der Waals surface area contributed by atoms with Crippen molar-refractivity contribution in [3.8, 4) is 0 Å². The fourth-order valence-electron chi connectivity index (χ4n) is 1.18. The van der Waals surface area contributed by atoms with Gasteiger partial charge in [-0.05, 0) is 0 Å². The molecule has 6 nitrogen and oxygen atoms in total. The largest absolute Gasteiger partial charge is 0.305 e. The zero-order valence-electron chi connectivity index (χ0n) is 6.70. The molecule has 72 valence electrons. The smallest absolute Gasteiger partial charge is 0.297 e. The molecule has 0 saturated carbocycles. The molecule has 0 aliphatic heterocycles. The van der Waals surface area contributed by atoms with Gasteiger partial charge in [0, 0.05) is 12.1 Å². The highest BCUT2D eigenvalue weighted by molar-refractivity contribution is 5.80. The van der Waals surface area contributed by atoms with E-state index >= 15 is 0 Å². The summed E-state index contributed by atoms with van der Waals surface area (Å²) in [6, 6.07) is 1.81. The van der Waals surface area contributed by atoms with Gasteiger partial charge in [0.25, 0.3) is 5.56 Å². The molecule has 1 aromatic heterocycles. The first kappa shape index (κ1) is 8.42. The summed E-state index contributed by atoms with van der Waals surface area (Å²) in [6.07, 6.45) is 0. The van der Waals surface area contributed by atoms with Crippen LogP contribution in [0, 0.1) is 15.9 Å². The van der Waals surface area contributed by atoms with Crippen molar-refractivity contribution in [2.75, 3.05) is 0 Å². The van der Waals surface area contributed by atoms with Gasteiger partial charge in [-0.1, -0.05) is 0 Å². The number of nitro groups is 1. The number of hydrogen-bond acceptors (Lipinski definition) is 3. The van der Waals surface area contributed by atoms with Gasteiger partial charge in [-0.3, -0.25) is 25.1 Å². The maximum Gasteiger partial charge on any atom is 0.305 e. The van der Waals surface area contributed by atoms with Crippen LogP contribution < -0.4 is 5.56 Å². The molecule has 0 aliphatic rings. The first-order chi connectivity index (χ1) is 6.59. The van der Waals surface area contributed by atoms with E-state index in [4.69, 9.17) is 0 Å².